The standard InChI is InChI=1S/C27H23ClN4O4S/c1-14-15(2)37-26-23(14)24(18-8-10-20(28)11-9-18)29-21(25-31-30-16(3)32(25)26)12-22(33)36-13-17-4-6-19(7-5-17)27(34)35/h4-11,21H,12-13H2,1-3H3,(H,34,35)/t21-/m0/s1. The third-order valence-corrected chi connectivity index (χ3v) is 7.76. The summed E-state index contributed by atoms with van der Waals surface area (Å²) >= 11 is 7.79. The zero-order valence-corrected chi connectivity index (χ0v) is 21.9. The number of benzene rings is 2. The fraction of sp³-hybridized carbons (Fsp3) is 0.222. The van der Waals surface area contributed by atoms with E-state index in [1.54, 1.807) is 23.5 Å². The average Bonchev–Trinajstić information content (AvgIpc) is 3.35. The lowest BCUT2D eigenvalue weighted by molar-refractivity contribution is -0.145. The van der Waals surface area contributed by atoms with Crippen molar-refractivity contribution in [2.75, 3.05) is 0 Å². The van der Waals surface area contributed by atoms with Crippen molar-refractivity contribution >= 4 is 40.6 Å². The van der Waals surface area contributed by atoms with Crippen molar-refractivity contribution in [3.05, 3.63) is 97.9 Å². The van der Waals surface area contributed by atoms with Gasteiger partial charge in [0.15, 0.2) is 5.82 Å². The van der Waals surface area contributed by atoms with Crippen LogP contribution in [0.5, 0.6) is 0 Å². The summed E-state index contributed by atoms with van der Waals surface area (Å²) in [5.74, 6) is -0.171. The van der Waals surface area contributed by atoms with E-state index in [0.717, 1.165) is 32.3 Å². The van der Waals surface area contributed by atoms with Crippen molar-refractivity contribution < 1.29 is 19.4 Å². The van der Waals surface area contributed by atoms with Gasteiger partial charge in [-0.3, -0.25) is 14.4 Å². The summed E-state index contributed by atoms with van der Waals surface area (Å²) in [5.41, 5.74) is 4.62. The highest BCUT2D eigenvalue weighted by Crippen LogP contribution is 2.39. The van der Waals surface area contributed by atoms with Gasteiger partial charge < -0.3 is 9.84 Å². The van der Waals surface area contributed by atoms with Crippen LogP contribution in [0.3, 0.4) is 0 Å². The summed E-state index contributed by atoms with van der Waals surface area (Å²) in [7, 11) is 0. The maximum atomic E-state index is 13.0. The van der Waals surface area contributed by atoms with Gasteiger partial charge in [0.25, 0.3) is 0 Å². The molecular formula is C27H23ClN4O4S. The largest absolute Gasteiger partial charge is 0.478 e. The summed E-state index contributed by atoms with van der Waals surface area (Å²) in [6, 6.07) is 13.1. The molecule has 1 N–H and O–H groups in total. The van der Waals surface area contributed by atoms with Gasteiger partial charge in [0.05, 0.1) is 17.7 Å². The quantitative estimate of drug-likeness (QED) is 0.321. The Morgan fingerprint density at radius 3 is 2.43 bits per heavy atom. The number of hydrogen-bond acceptors (Lipinski definition) is 7. The number of aliphatic imine (C=N–C) groups is 1. The highest BCUT2D eigenvalue weighted by Gasteiger charge is 2.32. The number of aromatic nitrogens is 3. The number of carbonyl (C=O) groups is 2. The molecule has 0 fully saturated rings. The van der Waals surface area contributed by atoms with E-state index < -0.39 is 18.0 Å². The van der Waals surface area contributed by atoms with Crippen LogP contribution in [0, 0.1) is 20.8 Å². The highest BCUT2D eigenvalue weighted by atomic mass is 35.5. The summed E-state index contributed by atoms with van der Waals surface area (Å²) in [6.07, 6.45) is -0.0323. The Labute approximate surface area is 222 Å². The number of halogens is 1. The lowest BCUT2D eigenvalue weighted by Gasteiger charge is -2.13. The number of esters is 1. The van der Waals surface area contributed by atoms with Gasteiger partial charge in [0.2, 0.25) is 0 Å². The van der Waals surface area contributed by atoms with Gasteiger partial charge in [0, 0.05) is 21.0 Å². The minimum absolute atomic E-state index is 0.0244. The molecule has 8 nitrogen and oxygen atoms in total. The molecule has 2 aromatic heterocycles. The first-order valence-electron chi connectivity index (χ1n) is 11.6. The second kappa shape index (κ2) is 9.91. The number of hydrogen-bond donors (Lipinski definition) is 1. The van der Waals surface area contributed by atoms with Crippen molar-refractivity contribution in [3.63, 3.8) is 0 Å². The van der Waals surface area contributed by atoms with Gasteiger partial charge >= 0.3 is 11.9 Å². The topological polar surface area (TPSA) is 107 Å². The number of nitrogens with zero attached hydrogens (tertiary/aromatic N) is 4. The number of fused-ring (bicyclic) bond motifs is 3. The first-order chi connectivity index (χ1) is 17.7. The predicted octanol–water partition coefficient (Wildman–Crippen LogP) is 5.63. The predicted molar refractivity (Wildman–Crippen MR) is 141 cm³/mol. The number of carboxylic acids is 1. The lowest BCUT2D eigenvalue weighted by atomic mass is 9.99. The fourth-order valence-corrected chi connectivity index (χ4v) is 5.60. The molecule has 5 rings (SSSR count). The first-order valence-corrected chi connectivity index (χ1v) is 12.8. The Hall–Kier alpha value is -3.82. The maximum Gasteiger partial charge on any atom is 0.335 e. The molecule has 0 radical (unpaired) electrons. The minimum atomic E-state index is -1.01. The molecule has 1 aliphatic heterocycles. The Morgan fingerprint density at radius 1 is 1.05 bits per heavy atom. The van der Waals surface area contributed by atoms with Crippen LogP contribution in [0.15, 0.2) is 53.5 Å². The highest BCUT2D eigenvalue weighted by molar-refractivity contribution is 7.15. The molecule has 0 unspecified atom stereocenters. The van der Waals surface area contributed by atoms with E-state index in [9.17, 15) is 9.59 Å². The van der Waals surface area contributed by atoms with Gasteiger partial charge in [0.1, 0.15) is 23.5 Å². The molecule has 10 heteroatoms. The number of carboxylic acid groups (broad SMARTS) is 1. The monoisotopic (exact) mass is 534 g/mol. The number of rotatable bonds is 6. The molecule has 0 aliphatic carbocycles. The van der Waals surface area contributed by atoms with Gasteiger partial charge in [-0.25, -0.2) is 4.79 Å². The van der Waals surface area contributed by atoms with Crippen molar-refractivity contribution in [2.24, 2.45) is 4.99 Å². The van der Waals surface area contributed by atoms with E-state index in [0.29, 0.717) is 22.2 Å². The van der Waals surface area contributed by atoms with Crippen LogP contribution in [0.25, 0.3) is 5.00 Å². The van der Waals surface area contributed by atoms with Gasteiger partial charge in [-0.15, -0.1) is 21.5 Å². The molecule has 1 atom stereocenters. The molecule has 0 saturated carbocycles. The molecule has 37 heavy (non-hydrogen) atoms. The number of thiophene rings is 1. The Balaban J connectivity index is 1.49. The Morgan fingerprint density at radius 2 is 1.76 bits per heavy atom. The molecular weight excluding hydrogens is 512 g/mol. The Bertz CT molecular complexity index is 1540. The van der Waals surface area contributed by atoms with Crippen LogP contribution < -0.4 is 0 Å². The molecule has 188 valence electrons. The Kier molecular flexibility index (Phi) is 6.66. The van der Waals surface area contributed by atoms with Gasteiger partial charge in [-0.2, -0.15) is 0 Å². The molecule has 0 bridgehead atoms. The second-order valence-corrected chi connectivity index (χ2v) is 10.4. The van der Waals surface area contributed by atoms with E-state index in [1.807, 2.05) is 35.8 Å². The summed E-state index contributed by atoms with van der Waals surface area (Å²) in [4.78, 5) is 30.2. The fourth-order valence-electron chi connectivity index (χ4n) is 4.26. The third kappa shape index (κ3) is 4.80. The number of aryl methyl sites for hydroxylation is 2. The molecule has 3 heterocycles. The number of carbonyl (C=O) groups excluding carboxylic acids is 1. The van der Waals surface area contributed by atoms with E-state index in [2.05, 4.69) is 24.0 Å². The molecule has 0 amide bonds. The van der Waals surface area contributed by atoms with E-state index >= 15 is 0 Å². The SMILES string of the molecule is Cc1sc2c(c1C)C(c1ccc(Cl)cc1)=N[C@@H](CC(=O)OCc1ccc(C(=O)O)cc1)c1nnc(C)n1-2. The lowest BCUT2D eigenvalue weighted by Crippen LogP contribution is -2.13. The maximum absolute atomic E-state index is 13.0. The normalized spacial score (nSPS) is 14.4. The van der Waals surface area contributed by atoms with Crippen LogP contribution in [0.1, 0.15) is 61.6 Å². The molecule has 0 saturated heterocycles. The van der Waals surface area contributed by atoms with Crippen LogP contribution in [-0.4, -0.2) is 37.5 Å². The second-order valence-electron chi connectivity index (χ2n) is 8.77. The first kappa shape index (κ1) is 24.9. The van der Waals surface area contributed by atoms with E-state index in [4.69, 9.17) is 26.4 Å². The van der Waals surface area contributed by atoms with Crippen molar-refractivity contribution in [3.8, 4) is 5.00 Å². The molecule has 2 aromatic carbocycles. The molecule has 0 spiro atoms. The smallest absolute Gasteiger partial charge is 0.335 e. The third-order valence-electron chi connectivity index (χ3n) is 6.32. The van der Waals surface area contributed by atoms with Gasteiger partial charge in [-0.1, -0.05) is 35.9 Å². The van der Waals surface area contributed by atoms with Gasteiger partial charge in [-0.05, 0) is 56.2 Å². The number of aromatic carboxylic acids is 1. The van der Waals surface area contributed by atoms with Crippen molar-refractivity contribution in [1.82, 2.24) is 14.8 Å². The summed E-state index contributed by atoms with van der Waals surface area (Å²) in [5, 5.41) is 19.4. The average molecular weight is 535 g/mol. The van der Waals surface area contributed by atoms with Crippen LogP contribution in [0.2, 0.25) is 5.02 Å². The minimum Gasteiger partial charge on any atom is -0.478 e. The molecule has 4 aromatic rings. The van der Waals surface area contributed by atoms with Crippen molar-refractivity contribution in [1.29, 1.82) is 0 Å². The summed E-state index contributed by atoms with van der Waals surface area (Å²) < 4.78 is 7.51. The zero-order valence-electron chi connectivity index (χ0n) is 20.4. The summed E-state index contributed by atoms with van der Waals surface area (Å²) in [6.45, 7) is 6.05. The van der Waals surface area contributed by atoms with Crippen LogP contribution in [0.4, 0.5) is 0 Å². The van der Waals surface area contributed by atoms with Crippen LogP contribution >= 0.6 is 22.9 Å². The number of ether oxygens (including phenoxy) is 1. The van der Waals surface area contributed by atoms with Crippen molar-refractivity contribution in [2.45, 2.75) is 39.8 Å². The van der Waals surface area contributed by atoms with E-state index in [1.165, 1.54) is 12.1 Å². The molecule has 1 aliphatic rings. The van der Waals surface area contributed by atoms with Crippen LogP contribution in [-0.2, 0) is 16.1 Å². The van der Waals surface area contributed by atoms with E-state index in [-0.39, 0.29) is 18.6 Å². The zero-order chi connectivity index (χ0) is 26.3.